The summed E-state index contributed by atoms with van der Waals surface area (Å²) in [5, 5.41) is 6.13. The second-order valence-electron chi connectivity index (χ2n) is 6.61. The summed E-state index contributed by atoms with van der Waals surface area (Å²) in [5.74, 6) is 0.0878. The second-order valence-corrected chi connectivity index (χ2v) is 10.1. The van der Waals surface area contributed by atoms with Gasteiger partial charge in [-0.3, -0.25) is 4.79 Å². The molecular weight excluding hydrogens is 392 g/mol. The SMILES string of the molecule is CCCS(=O)(=O)c1ccccc1SC(C)C(=O)NC1CCNC(C)C1.Cl. The van der Waals surface area contributed by atoms with Crippen LogP contribution in [0.4, 0.5) is 0 Å². The first-order chi connectivity index (χ1) is 11.8. The number of amides is 1. The fourth-order valence-corrected chi connectivity index (χ4v) is 5.85. The van der Waals surface area contributed by atoms with E-state index in [1.807, 2.05) is 19.9 Å². The molecule has 0 saturated carbocycles. The second kappa shape index (κ2) is 10.5. The number of sulfone groups is 1. The van der Waals surface area contributed by atoms with E-state index >= 15 is 0 Å². The molecule has 5 nitrogen and oxygen atoms in total. The van der Waals surface area contributed by atoms with Gasteiger partial charge in [0.05, 0.1) is 15.9 Å². The van der Waals surface area contributed by atoms with Gasteiger partial charge >= 0.3 is 0 Å². The minimum absolute atomic E-state index is 0. The molecule has 0 aliphatic carbocycles. The van der Waals surface area contributed by atoms with Gasteiger partial charge in [0.2, 0.25) is 5.91 Å². The third-order valence-electron chi connectivity index (χ3n) is 4.30. The van der Waals surface area contributed by atoms with Crippen LogP contribution in [0.2, 0.25) is 0 Å². The van der Waals surface area contributed by atoms with Crippen LogP contribution in [0.3, 0.4) is 0 Å². The number of piperidine rings is 1. The number of nitrogens with one attached hydrogen (secondary N) is 2. The Bertz CT molecular complexity index is 697. The Morgan fingerprint density at radius 3 is 2.73 bits per heavy atom. The minimum atomic E-state index is -3.31. The first-order valence-electron chi connectivity index (χ1n) is 8.85. The van der Waals surface area contributed by atoms with Crippen molar-refractivity contribution < 1.29 is 13.2 Å². The smallest absolute Gasteiger partial charge is 0.233 e. The molecule has 1 amide bonds. The molecule has 3 unspecified atom stereocenters. The van der Waals surface area contributed by atoms with Gasteiger partial charge in [-0.1, -0.05) is 19.1 Å². The molecule has 2 N–H and O–H groups in total. The van der Waals surface area contributed by atoms with Crippen molar-refractivity contribution >= 4 is 39.9 Å². The topological polar surface area (TPSA) is 75.3 Å². The molecule has 0 spiro atoms. The van der Waals surface area contributed by atoms with Crippen LogP contribution in [0.1, 0.15) is 40.0 Å². The predicted octanol–water partition coefficient (Wildman–Crippen LogP) is 3.03. The number of thioether (sulfide) groups is 1. The first kappa shape index (κ1) is 23.3. The van der Waals surface area contributed by atoms with Crippen molar-refractivity contribution in [1.29, 1.82) is 0 Å². The van der Waals surface area contributed by atoms with Crippen LogP contribution < -0.4 is 10.6 Å². The highest BCUT2D eigenvalue weighted by atomic mass is 35.5. The molecule has 2 rings (SSSR count). The highest BCUT2D eigenvalue weighted by Gasteiger charge is 2.25. The largest absolute Gasteiger partial charge is 0.352 e. The van der Waals surface area contributed by atoms with E-state index < -0.39 is 9.84 Å². The van der Waals surface area contributed by atoms with Gasteiger partial charge in [-0.2, -0.15) is 0 Å². The van der Waals surface area contributed by atoms with Crippen molar-refractivity contribution in [2.45, 2.75) is 67.2 Å². The van der Waals surface area contributed by atoms with E-state index in [9.17, 15) is 13.2 Å². The molecule has 26 heavy (non-hydrogen) atoms. The molecule has 1 aliphatic heterocycles. The van der Waals surface area contributed by atoms with E-state index in [0.717, 1.165) is 19.4 Å². The van der Waals surface area contributed by atoms with Crippen molar-refractivity contribution in [3.63, 3.8) is 0 Å². The molecule has 1 saturated heterocycles. The summed E-state index contributed by atoms with van der Waals surface area (Å²) in [5.41, 5.74) is 0. The van der Waals surface area contributed by atoms with Gasteiger partial charge in [0.25, 0.3) is 0 Å². The normalized spacial score (nSPS) is 21.5. The fourth-order valence-electron chi connectivity index (χ4n) is 3.01. The van der Waals surface area contributed by atoms with Crippen LogP contribution in [0.25, 0.3) is 0 Å². The molecule has 1 fully saturated rings. The number of carbonyl (C=O) groups excluding carboxylic acids is 1. The maximum absolute atomic E-state index is 12.5. The zero-order chi connectivity index (χ0) is 18.4. The molecule has 1 aliphatic rings. The van der Waals surface area contributed by atoms with Crippen LogP contribution in [-0.2, 0) is 14.6 Å². The molecule has 8 heteroatoms. The zero-order valence-corrected chi connectivity index (χ0v) is 18.0. The Hall–Kier alpha value is -0.760. The molecule has 3 atom stereocenters. The van der Waals surface area contributed by atoms with Crippen LogP contribution >= 0.6 is 24.2 Å². The van der Waals surface area contributed by atoms with Gasteiger partial charge in [-0.25, -0.2) is 8.42 Å². The third kappa shape index (κ3) is 6.44. The number of hydrogen-bond acceptors (Lipinski definition) is 5. The van der Waals surface area contributed by atoms with E-state index in [1.54, 1.807) is 18.2 Å². The highest BCUT2D eigenvalue weighted by Crippen LogP contribution is 2.31. The van der Waals surface area contributed by atoms with Gasteiger partial charge in [-0.05, 0) is 51.8 Å². The van der Waals surface area contributed by atoms with Crippen molar-refractivity contribution in [3.05, 3.63) is 24.3 Å². The van der Waals surface area contributed by atoms with Crippen LogP contribution in [0.15, 0.2) is 34.1 Å². The van der Waals surface area contributed by atoms with E-state index in [-0.39, 0.29) is 35.4 Å². The number of rotatable bonds is 7. The number of carbonyl (C=O) groups is 1. The van der Waals surface area contributed by atoms with Crippen LogP contribution in [0, 0.1) is 0 Å². The predicted molar refractivity (Wildman–Crippen MR) is 110 cm³/mol. The summed E-state index contributed by atoms with van der Waals surface area (Å²) < 4.78 is 24.9. The summed E-state index contributed by atoms with van der Waals surface area (Å²) in [4.78, 5) is 13.5. The third-order valence-corrected chi connectivity index (χ3v) is 7.58. The van der Waals surface area contributed by atoms with Gasteiger partial charge < -0.3 is 10.6 Å². The standard InChI is InChI=1S/C18H28N2O3S2.ClH/c1-4-11-25(22,23)17-8-6-5-7-16(17)24-14(3)18(21)20-15-9-10-19-13(2)12-15;/h5-8,13-15,19H,4,9-12H2,1-3H3,(H,20,21);1H. The van der Waals surface area contributed by atoms with Crippen molar-refractivity contribution in [2.75, 3.05) is 12.3 Å². The Balaban J connectivity index is 0.00000338. The molecule has 1 aromatic carbocycles. The van der Waals surface area contributed by atoms with Crippen LogP contribution in [-0.4, -0.2) is 44.0 Å². The monoisotopic (exact) mass is 420 g/mol. The summed E-state index contributed by atoms with van der Waals surface area (Å²) in [6.45, 7) is 6.70. The summed E-state index contributed by atoms with van der Waals surface area (Å²) in [6, 6.07) is 7.55. The average molecular weight is 421 g/mol. The van der Waals surface area contributed by atoms with Gasteiger partial charge in [0.15, 0.2) is 9.84 Å². The summed E-state index contributed by atoms with van der Waals surface area (Å²) in [6.07, 6.45) is 2.42. The molecule has 148 valence electrons. The lowest BCUT2D eigenvalue weighted by molar-refractivity contribution is -0.121. The number of hydrogen-bond donors (Lipinski definition) is 2. The van der Waals surface area contributed by atoms with Crippen LogP contribution in [0.5, 0.6) is 0 Å². The van der Waals surface area contributed by atoms with E-state index in [1.165, 1.54) is 11.8 Å². The molecule has 1 aromatic rings. The van der Waals surface area contributed by atoms with Gasteiger partial charge in [-0.15, -0.1) is 24.2 Å². The number of halogens is 1. The minimum Gasteiger partial charge on any atom is -0.352 e. The molecule has 0 bridgehead atoms. The lowest BCUT2D eigenvalue weighted by atomic mass is 10.0. The average Bonchev–Trinajstić information content (AvgIpc) is 2.55. The quantitative estimate of drug-likeness (QED) is 0.663. The van der Waals surface area contributed by atoms with E-state index in [0.29, 0.717) is 22.3 Å². The van der Waals surface area contributed by atoms with Gasteiger partial charge in [0, 0.05) is 17.0 Å². The van der Waals surface area contributed by atoms with Gasteiger partial charge in [0.1, 0.15) is 0 Å². The summed E-state index contributed by atoms with van der Waals surface area (Å²) in [7, 11) is -3.31. The summed E-state index contributed by atoms with van der Waals surface area (Å²) >= 11 is 1.31. The maximum atomic E-state index is 12.5. The molecule has 0 radical (unpaired) electrons. The maximum Gasteiger partial charge on any atom is 0.233 e. The molecule has 1 heterocycles. The van der Waals surface area contributed by atoms with E-state index in [2.05, 4.69) is 17.6 Å². The zero-order valence-electron chi connectivity index (χ0n) is 15.5. The fraction of sp³-hybridized carbons (Fsp3) is 0.611. The number of benzene rings is 1. The Labute approximate surface area is 167 Å². The van der Waals surface area contributed by atoms with Crippen molar-refractivity contribution in [1.82, 2.24) is 10.6 Å². The van der Waals surface area contributed by atoms with Crippen molar-refractivity contribution in [3.8, 4) is 0 Å². The van der Waals surface area contributed by atoms with Crippen molar-refractivity contribution in [2.24, 2.45) is 0 Å². The first-order valence-corrected chi connectivity index (χ1v) is 11.4. The Morgan fingerprint density at radius 2 is 2.08 bits per heavy atom. The molecular formula is C18H29ClN2O3S2. The molecule has 0 aromatic heterocycles. The Morgan fingerprint density at radius 1 is 1.38 bits per heavy atom. The Kier molecular flexibility index (Phi) is 9.44. The lowest BCUT2D eigenvalue weighted by Crippen LogP contribution is -2.48. The highest BCUT2D eigenvalue weighted by molar-refractivity contribution is 8.01. The lowest BCUT2D eigenvalue weighted by Gasteiger charge is -2.29. The van der Waals surface area contributed by atoms with E-state index in [4.69, 9.17) is 0 Å².